The minimum Gasteiger partial charge on any atom is -0.379 e. The third kappa shape index (κ3) is 3.17. The summed E-state index contributed by atoms with van der Waals surface area (Å²) < 4.78 is 5.46. The van der Waals surface area contributed by atoms with Crippen LogP contribution in [0.1, 0.15) is 52.9 Å². The lowest BCUT2D eigenvalue weighted by Gasteiger charge is -2.37. The second-order valence-electron chi connectivity index (χ2n) is 7.16. The highest BCUT2D eigenvalue weighted by Crippen LogP contribution is 2.33. The zero-order valence-electron chi connectivity index (χ0n) is 13.2. The van der Waals surface area contributed by atoms with E-state index in [-0.39, 0.29) is 11.9 Å². The molecule has 1 heterocycles. The normalized spacial score (nSPS) is 31.1. The second kappa shape index (κ2) is 6.44. The molecule has 2 atom stereocenters. The molecule has 0 aromatic heterocycles. The first-order chi connectivity index (χ1) is 9.45. The van der Waals surface area contributed by atoms with Crippen molar-refractivity contribution < 1.29 is 9.53 Å². The molecule has 2 aliphatic rings. The maximum absolute atomic E-state index is 13.0. The van der Waals surface area contributed by atoms with Gasteiger partial charge in [0.1, 0.15) is 0 Å². The Hall–Kier alpha value is -0.610. The Morgan fingerprint density at radius 3 is 2.55 bits per heavy atom. The summed E-state index contributed by atoms with van der Waals surface area (Å²) in [5.74, 6) is 0.836. The topological polar surface area (TPSA) is 55.6 Å². The number of rotatable bonds is 5. The predicted molar refractivity (Wildman–Crippen MR) is 80.3 cm³/mol. The zero-order valence-corrected chi connectivity index (χ0v) is 13.2. The largest absolute Gasteiger partial charge is 0.379 e. The van der Waals surface area contributed by atoms with E-state index in [0.717, 1.165) is 25.8 Å². The van der Waals surface area contributed by atoms with Gasteiger partial charge in [0, 0.05) is 18.6 Å². The molecule has 2 unspecified atom stereocenters. The molecule has 4 nitrogen and oxygen atoms in total. The van der Waals surface area contributed by atoms with Crippen molar-refractivity contribution in [2.45, 2.75) is 65.0 Å². The van der Waals surface area contributed by atoms with Crippen LogP contribution >= 0.6 is 0 Å². The molecule has 0 radical (unpaired) electrons. The van der Waals surface area contributed by atoms with Crippen molar-refractivity contribution >= 4 is 5.91 Å². The number of nitrogens with two attached hydrogens (primary N) is 1. The summed E-state index contributed by atoms with van der Waals surface area (Å²) in [6.45, 7) is 8.24. The van der Waals surface area contributed by atoms with Gasteiger partial charge in [-0.3, -0.25) is 4.79 Å². The van der Waals surface area contributed by atoms with Gasteiger partial charge >= 0.3 is 0 Å². The van der Waals surface area contributed by atoms with E-state index in [1.165, 1.54) is 12.8 Å². The van der Waals surface area contributed by atoms with E-state index in [1.807, 2.05) is 6.92 Å². The Balaban J connectivity index is 2.10. The maximum atomic E-state index is 13.0. The van der Waals surface area contributed by atoms with Crippen LogP contribution in [0, 0.1) is 11.3 Å². The van der Waals surface area contributed by atoms with Gasteiger partial charge in [0.2, 0.25) is 5.91 Å². The Morgan fingerprint density at radius 2 is 2.05 bits per heavy atom. The van der Waals surface area contributed by atoms with Gasteiger partial charge in [0.25, 0.3) is 0 Å². The molecule has 116 valence electrons. The number of hydrogen-bond donors (Lipinski definition) is 1. The summed E-state index contributed by atoms with van der Waals surface area (Å²) in [5.41, 5.74) is 5.61. The molecule has 1 saturated carbocycles. The number of nitrogens with zero attached hydrogens (tertiary/aromatic N) is 1. The smallest absolute Gasteiger partial charge is 0.232 e. The maximum Gasteiger partial charge on any atom is 0.232 e. The molecule has 0 spiro atoms. The van der Waals surface area contributed by atoms with Crippen molar-refractivity contribution in [3.63, 3.8) is 0 Å². The molecule has 1 aliphatic heterocycles. The minimum atomic E-state index is -0.528. The van der Waals surface area contributed by atoms with E-state index in [1.54, 1.807) is 0 Å². The third-order valence-corrected chi connectivity index (χ3v) is 4.98. The van der Waals surface area contributed by atoms with Crippen molar-refractivity contribution in [2.75, 3.05) is 19.8 Å². The Kier molecular flexibility index (Phi) is 5.08. The van der Waals surface area contributed by atoms with Gasteiger partial charge in [0.05, 0.1) is 18.6 Å². The molecule has 0 aromatic carbocycles. The van der Waals surface area contributed by atoms with Crippen molar-refractivity contribution in [1.29, 1.82) is 0 Å². The average molecular weight is 282 g/mol. The molecule has 1 saturated heterocycles. The van der Waals surface area contributed by atoms with E-state index in [9.17, 15) is 4.79 Å². The number of amides is 1. The van der Waals surface area contributed by atoms with Crippen LogP contribution in [0.25, 0.3) is 0 Å². The number of ether oxygens (including phenoxy) is 1. The van der Waals surface area contributed by atoms with Crippen LogP contribution in [-0.4, -0.2) is 42.6 Å². The Morgan fingerprint density at radius 1 is 1.40 bits per heavy atom. The first-order valence-corrected chi connectivity index (χ1v) is 8.09. The molecule has 2 N–H and O–H groups in total. The van der Waals surface area contributed by atoms with E-state index >= 15 is 0 Å². The highest BCUT2D eigenvalue weighted by Gasteiger charge is 2.47. The minimum absolute atomic E-state index is 0.169. The van der Waals surface area contributed by atoms with Gasteiger partial charge in [-0.25, -0.2) is 0 Å². The van der Waals surface area contributed by atoms with Crippen LogP contribution in [0.4, 0.5) is 0 Å². The number of carbonyl (C=O) groups excluding carboxylic acids is 1. The van der Waals surface area contributed by atoms with Crippen LogP contribution in [0.2, 0.25) is 0 Å². The molecule has 20 heavy (non-hydrogen) atoms. The van der Waals surface area contributed by atoms with Crippen molar-refractivity contribution in [1.82, 2.24) is 4.90 Å². The van der Waals surface area contributed by atoms with Gasteiger partial charge < -0.3 is 15.4 Å². The van der Waals surface area contributed by atoms with Crippen molar-refractivity contribution in [3.8, 4) is 0 Å². The van der Waals surface area contributed by atoms with E-state index in [0.29, 0.717) is 25.2 Å². The summed E-state index contributed by atoms with van der Waals surface area (Å²) in [6.07, 6.45) is 5.85. The summed E-state index contributed by atoms with van der Waals surface area (Å²) in [6, 6.07) is 0.254. The molecule has 2 rings (SSSR count). The fourth-order valence-corrected chi connectivity index (χ4v) is 3.30. The molecular formula is C16H30N2O2. The lowest BCUT2D eigenvalue weighted by atomic mass is 9.83. The van der Waals surface area contributed by atoms with E-state index in [4.69, 9.17) is 10.5 Å². The lowest BCUT2D eigenvalue weighted by molar-refractivity contribution is -0.144. The average Bonchev–Trinajstić information content (AvgIpc) is 3.01. The molecule has 1 amide bonds. The predicted octanol–water partition coefficient (Wildman–Crippen LogP) is 2.17. The second-order valence-corrected chi connectivity index (χ2v) is 7.16. The fourth-order valence-electron chi connectivity index (χ4n) is 3.30. The molecular weight excluding hydrogens is 252 g/mol. The lowest BCUT2D eigenvalue weighted by Crippen LogP contribution is -2.54. The molecule has 0 bridgehead atoms. The Bertz CT molecular complexity index is 339. The van der Waals surface area contributed by atoms with E-state index < -0.39 is 5.41 Å². The van der Waals surface area contributed by atoms with Crippen LogP contribution in [-0.2, 0) is 9.53 Å². The highest BCUT2D eigenvalue weighted by molar-refractivity contribution is 5.84. The van der Waals surface area contributed by atoms with Gasteiger partial charge in [0.15, 0.2) is 0 Å². The van der Waals surface area contributed by atoms with Gasteiger partial charge in [-0.05, 0) is 32.1 Å². The van der Waals surface area contributed by atoms with Gasteiger partial charge in [-0.15, -0.1) is 0 Å². The molecule has 1 aliphatic carbocycles. The van der Waals surface area contributed by atoms with Gasteiger partial charge in [-0.2, -0.15) is 0 Å². The zero-order chi connectivity index (χ0) is 14.8. The first kappa shape index (κ1) is 15.8. The van der Waals surface area contributed by atoms with E-state index in [2.05, 4.69) is 18.7 Å². The van der Waals surface area contributed by atoms with Crippen LogP contribution in [0.3, 0.4) is 0 Å². The Labute approximate surface area is 123 Å². The molecule has 2 fully saturated rings. The summed E-state index contributed by atoms with van der Waals surface area (Å²) in [7, 11) is 0. The van der Waals surface area contributed by atoms with Gasteiger partial charge in [-0.1, -0.05) is 26.7 Å². The quantitative estimate of drug-likeness (QED) is 0.841. The van der Waals surface area contributed by atoms with Crippen molar-refractivity contribution in [3.05, 3.63) is 0 Å². The van der Waals surface area contributed by atoms with Crippen LogP contribution in [0.5, 0.6) is 0 Å². The SMILES string of the molecule is CC(C)CCN(C(=O)C1(C)COCC1N)C1CCCC1. The molecule has 0 aromatic rings. The fraction of sp³-hybridized carbons (Fsp3) is 0.938. The first-order valence-electron chi connectivity index (χ1n) is 8.09. The van der Waals surface area contributed by atoms with Crippen LogP contribution < -0.4 is 5.73 Å². The number of carbonyl (C=O) groups is 1. The molecule has 4 heteroatoms. The van der Waals surface area contributed by atoms with Crippen molar-refractivity contribution in [2.24, 2.45) is 17.1 Å². The monoisotopic (exact) mass is 282 g/mol. The summed E-state index contributed by atoms with van der Waals surface area (Å²) >= 11 is 0. The summed E-state index contributed by atoms with van der Waals surface area (Å²) in [5, 5.41) is 0. The highest BCUT2D eigenvalue weighted by atomic mass is 16.5. The third-order valence-electron chi connectivity index (χ3n) is 4.98. The van der Waals surface area contributed by atoms with Crippen LogP contribution in [0.15, 0.2) is 0 Å². The summed E-state index contributed by atoms with van der Waals surface area (Å²) in [4.78, 5) is 15.2. The number of hydrogen-bond acceptors (Lipinski definition) is 3. The standard InChI is InChI=1S/C16H30N2O2/c1-12(2)8-9-18(13-6-4-5-7-13)15(19)16(3)11-20-10-14(16)17/h12-14H,4-11,17H2,1-3H3.